The summed E-state index contributed by atoms with van der Waals surface area (Å²) in [7, 11) is 0. The van der Waals surface area contributed by atoms with Crippen molar-refractivity contribution in [2.45, 2.75) is 45.3 Å². The smallest absolute Gasteiger partial charge is 0.343 e. The first-order chi connectivity index (χ1) is 16.0. The number of nitrogens with zero attached hydrogens (tertiary/aromatic N) is 1. The van der Waals surface area contributed by atoms with Crippen molar-refractivity contribution in [2.75, 3.05) is 13.1 Å². The van der Waals surface area contributed by atoms with E-state index in [1.165, 1.54) is 5.56 Å². The van der Waals surface area contributed by atoms with Gasteiger partial charge in [0, 0.05) is 6.04 Å². The lowest BCUT2D eigenvalue weighted by Gasteiger charge is -2.38. The van der Waals surface area contributed by atoms with Gasteiger partial charge >= 0.3 is 5.97 Å². The van der Waals surface area contributed by atoms with E-state index in [0.717, 1.165) is 43.5 Å². The van der Waals surface area contributed by atoms with E-state index < -0.39 is 6.10 Å². The Morgan fingerprint density at radius 3 is 2.24 bits per heavy atom. The van der Waals surface area contributed by atoms with Gasteiger partial charge in [-0.25, -0.2) is 4.79 Å². The molecule has 4 nitrogen and oxygen atoms in total. The van der Waals surface area contributed by atoms with Gasteiger partial charge in [0.25, 0.3) is 0 Å². The summed E-state index contributed by atoms with van der Waals surface area (Å²) in [5, 5.41) is 11.0. The number of likely N-dealkylation sites (tertiary alicyclic amines) is 1. The number of carbonyl (C=O) groups excluding carboxylic acids is 1. The molecule has 0 bridgehead atoms. The van der Waals surface area contributed by atoms with Crippen molar-refractivity contribution in [2.24, 2.45) is 5.92 Å². The van der Waals surface area contributed by atoms with Crippen molar-refractivity contribution < 1.29 is 14.6 Å². The lowest BCUT2D eigenvalue weighted by atomic mass is 9.89. The summed E-state index contributed by atoms with van der Waals surface area (Å²) < 4.78 is 5.48. The fourth-order valence-corrected chi connectivity index (χ4v) is 4.58. The van der Waals surface area contributed by atoms with Crippen molar-refractivity contribution in [1.82, 2.24) is 4.90 Å². The Morgan fingerprint density at radius 1 is 0.970 bits per heavy atom. The first-order valence-corrected chi connectivity index (χ1v) is 11.8. The van der Waals surface area contributed by atoms with E-state index >= 15 is 0 Å². The number of aryl methyl sites for hydroxylation is 1. The molecule has 0 saturated carbocycles. The molecule has 1 fully saturated rings. The van der Waals surface area contributed by atoms with Crippen LogP contribution in [0.3, 0.4) is 0 Å². The summed E-state index contributed by atoms with van der Waals surface area (Å²) in [5.74, 6) is 0.802. The maximum atomic E-state index is 12.3. The first-order valence-electron chi connectivity index (χ1n) is 11.8. The second-order valence-corrected chi connectivity index (χ2v) is 9.18. The molecule has 1 saturated heterocycles. The average Bonchev–Trinajstić information content (AvgIpc) is 2.85. The molecule has 4 rings (SSSR count). The zero-order chi connectivity index (χ0) is 23.2. The summed E-state index contributed by atoms with van der Waals surface area (Å²) >= 11 is 0. The van der Waals surface area contributed by atoms with E-state index in [1.807, 2.05) is 31.2 Å². The highest BCUT2D eigenvalue weighted by atomic mass is 16.5. The second-order valence-electron chi connectivity index (χ2n) is 9.18. The zero-order valence-electron chi connectivity index (χ0n) is 19.5. The maximum Gasteiger partial charge on any atom is 0.343 e. The topological polar surface area (TPSA) is 49.8 Å². The van der Waals surface area contributed by atoms with Gasteiger partial charge in [0.2, 0.25) is 0 Å². The van der Waals surface area contributed by atoms with Crippen LogP contribution in [0.1, 0.15) is 52.9 Å². The van der Waals surface area contributed by atoms with Crippen LogP contribution in [0.5, 0.6) is 5.75 Å². The minimum absolute atomic E-state index is 0.0311. The molecular weight excluding hydrogens is 410 g/mol. The molecule has 1 heterocycles. The van der Waals surface area contributed by atoms with Crippen molar-refractivity contribution in [3.05, 3.63) is 101 Å². The molecule has 1 aliphatic heterocycles. The Morgan fingerprint density at radius 2 is 1.61 bits per heavy atom. The summed E-state index contributed by atoms with van der Waals surface area (Å²) in [6, 6.07) is 25.2. The van der Waals surface area contributed by atoms with E-state index in [1.54, 1.807) is 24.3 Å². The van der Waals surface area contributed by atoms with Gasteiger partial charge in [-0.2, -0.15) is 0 Å². The van der Waals surface area contributed by atoms with Crippen LogP contribution in [0, 0.1) is 12.8 Å². The molecule has 2 atom stereocenters. The third kappa shape index (κ3) is 6.10. The average molecular weight is 444 g/mol. The van der Waals surface area contributed by atoms with E-state index in [9.17, 15) is 9.90 Å². The predicted octanol–water partition coefficient (Wildman–Crippen LogP) is 5.59. The van der Waals surface area contributed by atoms with Crippen molar-refractivity contribution in [3.8, 4) is 5.75 Å². The number of aliphatic hydroxyl groups excluding tert-OH is 1. The monoisotopic (exact) mass is 443 g/mol. The van der Waals surface area contributed by atoms with Gasteiger partial charge in [0.05, 0.1) is 11.7 Å². The molecule has 0 aromatic heterocycles. The second kappa shape index (κ2) is 10.8. The molecule has 0 radical (unpaired) electrons. The van der Waals surface area contributed by atoms with Crippen LogP contribution in [-0.4, -0.2) is 35.1 Å². The van der Waals surface area contributed by atoms with Crippen LogP contribution in [0.2, 0.25) is 0 Å². The highest BCUT2D eigenvalue weighted by molar-refractivity contribution is 5.91. The Bertz CT molecular complexity index is 1020. The summed E-state index contributed by atoms with van der Waals surface area (Å²) in [6.45, 7) is 6.07. The van der Waals surface area contributed by atoms with E-state index in [0.29, 0.717) is 17.2 Å². The minimum atomic E-state index is -0.586. The third-order valence-electron chi connectivity index (χ3n) is 6.77. The van der Waals surface area contributed by atoms with E-state index in [-0.39, 0.29) is 12.0 Å². The fraction of sp³-hybridized carbons (Fsp3) is 0.345. The number of benzene rings is 3. The minimum Gasteiger partial charge on any atom is -0.423 e. The molecule has 33 heavy (non-hydrogen) atoms. The van der Waals surface area contributed by atoms with Gasteiger partial charge in [0.1, 0.15) is 5.75 Å². The van der Waals surface area contributed by atoms with Gasteiger partial charge in [0.15, 0.2) is 0 Å². The molecular formula is C29H33NO3. The number of hydrogen-bond acceptors (Lipinski definition) is 4. The number of esters is 1. The van der Waals surface area contributed by atoms with Gasteiger partial charge in [-0.3, -0.25) is 4.90 Å². The molecule has 3 aromatic rings. The Labute approximate surface area is 196 Å². The molecule has 4 heteroatoms. The van der Waals surface area contributed by atoms with Crippen LogP contribution in [0.4, 0.5) is 0 Å². The van der Waals surface area contributed by atoms with Crippen LogP contribution >= 0.6 is 0 Å². The highest BCUT2D eigenvalue weighted by Gasteiger charge is 2.27. The molecule has 172 valence electrons. The lowest BCUT2D eigenvalue weighted by molar-refractivity contribution is 0.0373. The molecule has 2 unspecified atom stereocenters. The molecule has 1 aliphatic rings. The van der Waals surface area contributed by atoms with Gasteiger partial charge in [-0.15, -0.1) is 0 Å². The Balaban J connectivity index is 1.29. The van der Waals surface area contributed by atoms with Gasteiger partial charge in [-0.1, -0.05) is 60.2 Å². The summed E-state index contributed by atoms with van der Waals surface area (Å²) in [6.07, 6.45) is 2.85. The number of ether oxygens (including phenoxy) is 1. The predicted molar refractivity (Wildman–Crippen MR) is 131 cm³/mol. The summed E-state index contributed by atoms with van der Waals surface area (Å²) in [5.41, 5.74) is 3.87. The van der Waals surface area contributed by atoms with E-state index in [4.69, 9.17) is 4.74 Å². The normalized spacial score (nSPS) is 16.8. The Kier molecular flexibility index (Phi) is 7.58. The van der Waals surface area contributed by atoms with Crippen molar-refractivity contribution in [1.29, 1.82) is 0 Å². The molecule has 0 aliphatic carbocycles. The quantitative estimate of drug-likeness (QED) is 0.382. The lowest BCUT2D eigenvalue weighted by Crippen LogP contribution is -2.43. The van der Waals surface area contributed by atoms with Gasteiger partial charge < -0.3 is 9.84 Å². The van der Waals surface area contributed by atoms with Crippen LogP contribution in [-0.2, 0) is 6.42 Å². The molecule has 0 spiro atoms. The van der Waals surface area contributed by atoms with E-state index in [2.05, 4.69) is 42.2 Å². The van der Waals surface area contributed by atoms with Crippen LogP contribution in [0.15, 0.2) is 78.9 Å². The number of hydrogen-bond donors (Lipinski definition) is 1. The molecule has 0 amide bonds. The standard InChI is InChI=1S/C29H33NO3/c1-21-8-10-26(11-9-21)29(32)33-27-14-12-25(13-15-27)28(31)22(2)30-18-16-24(17-19-30)20-23-6-4-3-5-7-23/h3-15,22,24,28,31H,16-20H2,1-2H3. The first kappa shape index (κ1) is 23.2. The Hall–Kier alpha value is -2.95. The maximum absolute atomic E-state index is 12.3. The molecule has 3 aromatic carbocycles. The van der Waals surface area contributed by atoms with Crippen LogP contribution < -0.4 is 4.74 Å². The van der Waals surface area contributed by atoms with Crippen molar-refractivity contribution in [3.63, 3.8) is 0 Å². The fourth-order valence-electron chi connectivity index (χ4n) is 4.58. The number of rotatable bonds is 7. The number of aliphatic hydroxyl groups is 1. The zero-order valence-corrected chi connectivity index (χ0v) is 19.5. The summed E-state index contributed by atoms with van der Waals surface area (Å²) in [4.78, 5) is 14.7. The van der Waals surface area contributed by atoms with Crippen molar-refractivity contribution >= 4 is 5.97 Å². The highest BCUT2D eigenvalue weighted by Crippen LogP contribution is 2.28. The SMILES string of the molecule is Cc1ccc(C(=O)Oc2ccc(C(O)C(C)N3CCC(Cc4ccccc4)CC3)cc2)cc1. The third-order valence-corrected chi connectivity index (χ3v) is 6.77. The van der Waals surface area contributed by atoms with Gasteiger partial charge in [-0.05, 0) is 87.5 Å². The molecule has 1 N–H and O–H groups in total. The number of piperidine rings is 1. The number of carbonyl (C=O) groups is 1. The van der Waals surface area contributed by atoms with Crippen LogP contribution in [0.25, 0.3) is 0 Å². The largest absolute Gasteiger partial charge is 0.423 e.